The molecule has 0 aromatic heterocycles. The topological polar surface area (TPSA) is 166 Å². The number of amides is 3. The highest BCUT2D eigenvalue weighted by Crippen LogP contribution is 2.05. The van der Waals surface area contributed by atoms with Crippen molar-refractivity contribution < 1.29 is 43.0 Å². The van der Waals surface area contributed by atoms with E-state index in [1.54, 1.807) is 91.0 Å². The van der Waals surface area contributed by atoms with Crippen molar-refractivity contribution in [2.45, 2.75) is 13.8 Å². The van der Waals surface area contributed by atoms with E-state index in [2.05, 4.69) is 30.2 Å². The highest BCUT2D eigenvalue weighted by Gasteiger charge is 2.16. The van der Waals surface area contributed by atoms with E-state index in [1.165, 1.54) is 51.7 Å². The van der Waals surface area contributed by atoms with Gasteiger partial charge in [0.05, 0.1) is 21.3 Å². The van der Waals surface area contributed by atoms with Gasteiger partial charge in [0.25, 0.3) is 17.7 Å². The summed E-state index contributed by atoms with van der Waals surface area (Å²) in [6.45, 7) is 3.79. The van der Waals surface area contributed by atoms with E-state index >= 15 is 0 Å². The van der Waals surface area contributed by atoms with Crippen LogP contribution < -0.4 is 16.0 Å². The third kappa shape index (κ3) is 14.5. The molecule has 0 unspecified atom stereocenters. The lowest BCUT2D eigenvalue weighted by Gasteiger charge is -2.08. The summed E-state index contributed by atoms with van der Waals surface area (Å²) in [5, 5.41) is 7.49. The van der Waals surface area contributed by atoms with Crippen LogP contribution in [0.15, 0.2) is 150 Å². The van der Waals surface area contributed by atoms with Gasteiger partial charge in [0.2, 0.25) is 0 Å². The molecule has 0 bridgehead atoms. The molecule has 0 aliphatic carbocycles. The molecule has 3 N–H and O–H groups in total. The van der Waals surface area contributed by atoms with E-state index in [-0.39, 0.29) is 23.0 Å². The summed E-state index contributed by atoms with van der Waals surface area (Å²) in [5.41, 5.74) is 2.10. The van der Waals surface area contributed by atoms with Crippen molar-refractivity contribution in [2.24, 2.45) is 0 Å². The van der Waals surface area contributed by atoms with Gasteiger partial charge in [-0.15, -0.1) is 0 Å². The van der Waals surface area contributed by atoms with Gasteiger partial charge < -0.3 is 30.2 Å². The van der Waals surface area contributed by atoms with Crippen LogP contribution in [0.5, 0.6) is 0 Å². The summed E-state index contributed by atoms with van der Waals surface area (Å²) < 4.78 is 14.0. The number of nitrogens with one attached hydrogen (secondary N) is 3. The lowest BCUT2D eigenvalue weighted by molar-refractivity contribution is -0.137. The van der Waals surface area contributed by atoms with Gasteiger partial charge in [-0.05, 0) is 68.5 Å². The van der Waals surface area contributed by atoms with Gasteiger partial charge in [0.1, 0.15) is 17.1 Å². The van der Waals surface area contributed by atoms with Crippen molar-refractivity contribution in [1.29, 1.82) is 0 Å². The molecule has 0 saturated carbocycles. The zero-order valence-electron chi connectivity index (χ0n) is 28.8. The number of allylic oxidation sites excluding steroid dienone is 7. The molecule has 3 rings (SSSR count). The standard InChI is InChI=1S/C24H22N2O6.C15H17NO3/c1-31-23(29)19(25-21(27)17-11-5-3-6-12-17)15-9-10-16-20(24(30)32-2)26-22(28)18-13-7-4-8-14-18;1-11(2)9-10-13(15(18)19-3)16-14(17)12-7-5-4-6-8-12/h3-16H,1-2H3,(H,25,27)(H,26,28);4-10H,1-3H3,(H,16,17)/b10-9?,19-15-,20-16?;13-10-. The van der Waals surface area contributed by atoms with Crippen LogP contribution in [0, 0.1) is 0 Å². The van der Waals surface area contributed by atoms with Crippen LogP contribution in [-0.2, 0) is 28.6 Å². The second kappa shape index (κ2) is 21.9. The number of carbonyl (C=O) groups is 6. The van der Waals surface area contributed by atoms with Gasteiger partial charge in [-0.2, -0.15) is 0 Å². The van der Waals surface area contributed by atoms with Crippen molar-refractivity contribution in [3.05, 3.63) is 167 Å². The highest BCUT2D eigenvalue weighted by molar-refractivity contribution is 6.02. The molecule has 0 saturated heterocycles. The van der Waals surface area contributed by atoms with Crippen molar-refractivity contribution >= 4 is 35.6 Å². The first-order valence-corrected chi connectivity index (χ1v) is 15.3. The van der Waals surface area contributed by atoms with Gasteiger partial charge in [-0.25, -0.2) is 14.4 Å². The number of ether oxygens (including phenoxy) is 3. The number of rotatable bonds is 12. The second-order valence-electron chi connectivity index (χ2n) is 10.3. The molecule has 0 aliphatic rings. The number of methoxy groups -OCH3 is 3. The predicted octanol–water partition coefficient (Wildman–Crippen LogP) is 4.96. The Labute approximate surface area is 296 Å². The fourth-order valence-corrected chi connectivity index (χ4v) is 3.72. The van der Waals surface area contributed by atoms with E-state index in [0.29, 0.717) is 16.7 Å². The lowest BCUT2D eigenvalue weighted by atomic mass is 10.2. The first kappa shape index (κ1) is 40.4. The fourth-order valence-electron chi connectivity index (χ4n) is 3.72. The SMILES string of the molecule is COC(=O)/C(=C/C=C(C)C)NC(=O)c1ccccc1.COC(=O)C(=CC=C/C=C(\NC(=O)c1ccccc1)C(=O)OC)NC(=O)c1ccccc1. The highest BCUT2D eigenvalue weighted by atomic mass is 16.5. The maximum absolute atomic E-state index is 12.3. The molecule has 0 aliphatic heterocycles. The minimum Gasteiger partial charge on any atom is -0.464 e. The third-order valence-corrected chi connectivity index (χ3v) is 6.29. The Kier molecular flexibility index (Phi) is 17.4. The Morgan fingerprint density at radius 1 is 0.431 bits per heavy atom. The van der Waals surface area contributed by atoms with Crippen molar-refractivity contribution in [3.63, 3.8) is 0 Å². The van der Waals surface area contributed by atoms with Crippen molar-refractivity contribution in [2.75, 3.05) is 21.3 Å². The molecule has 3 aromatic carbocycles. The van der Waals surface area contributed by atoms with Crippen LogP contribution in [0.2, 0.25) is 0 Å². The van der Waals surface area contributed by atoms with E-state index in [4.69, 9.17) is 0 Å². The minimum absolute atomic E-state index is 0.109. The molecule has 264 valence electrons. The summed E-state index contributed by atoms with van der Waals surface area (Å²) in [7, 11) is 3.64. The molecule has 0 spiro atoms. The zero-order chi connectivity index (χ0) is 37.6. The van der Waals surface area contributed by atoms with Crippen LogP contribution in [0.25, 0.3) is 0 Å². The third-order valence-electron chi connectivity index (χ3n) is 6.29. The van der Waals surface area contributed by atoms with Crippen molar-refractivity contribution in [1.82, 2.24) is 16.0 Å². The molecule has 12 nitrogen and oxygen atoms in total. The number of carbonyl (C=O) groups excluding carboxylic acids is 6. The van der Waals surface area contributed by atoms with Crippen LogP contribution in [0.1, 0.15) is 44.9 Å². The molecule has 0 fully saturated rings. The predicted molar refractivity (Wildman–Crippen MR) is 191 cm³/mol. The average Bonchev–Trinajstić information content (AvgIpc) is 3.17. The Morgan fingerprint density at radius 3 is 0.961 bits per heavy atom. The summed E-state index contributed by atoms with van der Waals surface area (Å²) in [6, 6.07) is 25.4. The Hall–Kier alpha value is -6.82. The number of benzene rings is 3. The Morgan fingerprint density at radius 2 is 0.706 bits per heavy atom. The van der Waals surface area contributed by atoms with Crippen LogP contribution >= 0.6 is 0 Å². The van der Waals surface area contributed by atoms with Crippen molar-refractivity contribution in [3.8, 4) is 0 Å². The molecule has 12 heteroatoms. The first-order chi connectivity index (χ1) is 24.5. The Bertz CT molecular complexity index is 1740. The van der Waals surface area contributed by atoms with Crippen LogP contribution in [-0.4, -0.2) is 57.0 Å². The smallest absolute Gasteiger partial charge is 0.354 e. The average molecular weight is 694 g/mol. The molecule has 0 radical (unpaired) electrons. The molecule has 3 amide bonds. The normalized spacial score (nSPS) is 11.2. The summed E-state index contributed by atoms with van der Waals surface area (Å²) >= 11 is 0. The molecule has 0 atom stereocenters. The summed E-state index contributed by atoms with van der Waals surface area (Å²) in [4.78, 5) is 72.0. The van der Waals surface area contributed by atoms with Gasteiger partial charge >= 0.3 is 17.9 Å². The maximum atomic E-state index is 12.3. The number of esters is 3. The van der Waals surface area contributed by atoms with Gasteiger partial charge in [0.15, 0.2) is 0 Å². The second-order valence-corrected chi connectivity index (χ2v) is 10.3. The number of hydrogen-bond acceptors (Lipinski definition) is 9. The Balaban J connectivity index is 0.000000404. The zero-order valence-corrected chi connectivity index (χ0v) is 28.8. The first-order valence-electron chi connectivity index (χ1n) is 15.3. The lowest BCUT2D eigenvalue weighted by Crippen LogP contribution is -2.28. The van der Waals surface area contributed by atoms with E-state index in [1.807, 2.05) is 19.9 Å². The minimum atomic E-state index is -0.756. The van der Waals surface area contributed by atoms with Gasteiger partial charge in [-0.3, -0.25) is 14.4 Å². The molecule has 0 heterocycles. The number of hydrogen-bond donors (Lipinski definition) is 3. The van der Waals surface area contributed by atoms with Gasteiger partial charge in [0, 0.05) is 16.7 Å². The summed E-state index contributed by atoms with van der Waals surface area (Å²) in [6.07, 6.45) is 8.66. The largest absolute Gasteiger partial charge is 0.464 e. The molecular formula is C39H39N3O9. The quantitative estimate of drug-likeness (QED) is 0.103. The summed E-state index contributed by atoms with van der Waals surface area (Å²) in [5.74, 6) is -3.42. The van der Waals surface area contributed by atoms with E-state index < -0.39 is 29.7 Å². The maximum Gasteiger partial charge on any atom is 0.354 e. The van der Waals surface area contributed by atoms with Gasteiger partial charge in [-0.1, -0.05) is 78.4 Å². The molecule has 3 aromatic rings. The van der Waals surface area contributed by atoms with E-state index in [0.717, 1.165) is 5.57 Å². The monoisotopic (exact) mass is 693 g/mol. The fraction of sp³-hybridized carbons (Fsp3) is 0.128. The van der Waals surface area contributed by atoms with Crippen LogP contribution in [0.4, 0.5) is 0 Å². The molecular weight excluding hydrogens is 654 g/mol. The van der Waals surface area contributed by atoms with Crippen LogP contribution in [0.3, 0.4) is 0 Å². The molecule has 51 heavy (non-hydrogen) atoms. The van der Waals surface area contributed by atoms with E-state index in [9.17, 15) is 28.8 Å².